The Hall–Kier alpha value is -2.87. The Morgan fingerprint density at radius 1 is 1.03 bits per heavy atom. The molecule has 8 heteroatoms. The van der Waals surface area contributed by atoms with Crippen LogP contribution in [0.3, 0.4) is 0 Å². The molecule has 31 heavy (non-hydrogen) atoms. The molecule has 162 valence electrons. The van der Waals surface area contributed by atoms with E-state index in [2.05, 4.69) is 5.32 Å². The molecular weight excluding hydrogens is 417 g/mol. The molecule has 0 bridgehead atoms. The van der Waals surface area contributed by atoms with Crippen molar-refractivity contribution in [3.63, 3.8) is 0 Å². The number of halogens is 1. The predicted molar refractivity (Wildman–Crippen MR) is 119 cm³/mol. The van der Waals surface area contributed by atoms with Crippen LogP contribution in [0.4, 0.5) is 15.8 Å². The Morgan fingerprint density at radius 3 is 2.52 bits per heavy atom. The summed E-state index contributed by atoms with van der Waals surface area (Å²) in [5, 5.41) is 1.71. The van der Waals surface area contributed by atoms with Gasteiger partial charge in [0.05, 0.1) is 5.69 Å². The van der Waals surface area contributed by atoms with Crippen LogP contribution in [0.25, 0.3) is 0 Å². The molecule has 0 aliphatic carbocycles. The second-order valence-electron chi connectivity index (χ2n) is 7.69. The monoisotopic (exact) mass is 441 g/mol. The summed E-state index contributed by atoms with van der Waals surface area (Å²) < 4.78 is 13.4. The molecule has 1 N–H and O–H groups in total. The lowest BCUT2D eigenvalue weighted by Gasteiger charge is -2.34. The number of para-hydroxylation sites is 1. The van der Waals surface area contributed by atoms with E-state index in [0.29, 0.717) is 24.5 Å². The van der Waals surface area contributed by atoms with E-state index in [1.54, 1.807) is 23.1 Å². The van der Waals surface area contributed by atoms with Crippen LogP contribution in [0.1, 0.15) is 25.7 Å². The van der Waals surface area contributed by atoms with Crippen LogP contribution in [0.2, 0.25) is 0 Å². The highest BCUT2D eigenvalue weighted by molar-refractivity contribution is 8.01. The number of nitrogens with zero attached hydrogens (tertiary/aromatic N) is 2. The second-order valence-corrected chi connectivity index (χ2v) is 8.83. The highest BCUT2D eigenvalue weighted by Crippen LogP contribution is 2.39. The first-order valence-electron chi connectivity index (χ1n) is 10.4. The van der Waals surface area contributed by atoms with Crippen molar-refractivity contribution in [3.05, 3.63) is 54.3 Å². The van der Waals surface area contributed by atoms with Crippen LogP contribution in [0, 0.1) is 5.82 Å². The predicted octanol–water partition coefficient (Wildman–Crippen LogP) is 3.67. The van der Waals surface area contributed by atoms with Crippen molar-refractivity contribution in [2.45, 2.75) is 35.8 Å². The number of anilines is 2. The van der Waals surface area contributed by atoms with E-state index < -0.39 is 22.9 Å². The van der Waals surface area contributed by atoms with Crippen LogP contribution >= 0.6 is 11.8 Å². The zero-order chi connectivity index (χ0) is 21.8. The summed E-state index contributed by atoms with van der Waals surface area (Å²) in [6, 6.07) is 12.8. The van der Waals surface area contributed by atoms with Gasteiger partial charge in [0.1, 0.15) is 12.4 Å². The quantitative estimate of drug-likeness (QED) is 0.735. The van der Waals surface area contributed by atoms with Gasteiger partial charge in [0.25, 0.3) is 5.91 Å². The summed E-state index contributed by atoms with van der Waals surface area (Å²) in [5.74, 6) is -1.51. The third kappa shape index (κ3) is 4.90. The van der Waals surface area contributed by atoms with Crippen molar-refractivity contribution in [1.82, 2.24) is 4.90 Å². The van der Waals surface area contributed by atoms with E-state index in [1.165, 1.54) is 34.9 Å². The van der Waals surface area contributed by atoms with Gasteiger partial charge in [-0.2, -0.15) is 0 Å². The fraction of sp³-hybridized carbons (Fsp3) is 0.348. The van der Waals surface area contributed by atoms with E-state index in [-0.39, 0.29) is 12.5 Å². The van der Waals surface area contributed by atoms with Gasteiger partial charge in [-0.3, -0.25) is 14.4 Å². The van der Waals surface area contributed by atoms with Crippen LogP contribution in [0.15, 0.2) is 53.4 Å². The van der Waals surface area contributed by atoms with E-state index in [0.717, 1.165) is 30.6 Å². The molecule has 6 nitrogen and oxygen atoms in total. The van der Waals surface area contributed by atoms with Gasteiger partial charge in [0.15, 0.2) is 5.25 Å². The molecular formula is C23H24FN3O3S. The van der Waals surface area contributed by atoms with E-state index >= 15 is 0 Å². The Balaban J connectivity index is 1.54. The third-order valence-corrected chi connectivity index (χ3v) is 6.68. The smallest absolute Gasteiger partial charge is 0.250 e. The number of carbonyl (C=O) groups excluding carboxylic acids is 3. The molecule has 2 heterocycles. The van der Waals surface area contributed by atoms with E-state index in [1.807, 2.05) is 12.1 Å². The van der Waals surface area contributed by atoms with Gasteiger partial charge in [-0.1, -0.05) is 31.0 Å². The fourth-order valence-electron chi connectivity index (χ4n) is 3.90. The molecule has 1 fully saturated rings. The molecule has 0 spiro atoms. The summed E-state index contributed by atoms with van der Waals surface area (Å²) in [7, 11) is 0. The van der Waals surface area contributed by atoms with Gasteiger partial charge in [-0.15, -0.1) is 11.8 Å². The lowest BCUT2D eigenvalue weighted by Crippen LogP contribution is -2.51. The number of nitrogens with one attached hydrogen (secondary N) is 1. The highest BCUT2D eigenvalue weighted by Gasteiger charge is 2.40. The minimum atomic E-state index is -0.907. The Bertz CT molecular complexity index is 992. The standard InChI is InChI=1S/C23H24FN3O3S/c24-16-8-7-9-17(14-16)25-20(28)15-27-18-10-3-4-11-19(18)31-21(23(27)30)22(29)26-12-5-1-2-6-13-26/h3-4,7-11,14,21H,1-2,5-6,12-13,15H2,(H,25,28). The van der Waals surface area contributed by atoms with Crippen LogP contribution in [-0.4, -0.2) is 47.5 Å². The Kier molecular flexibility index (Phi) is 6.56. The maximum absolute atomic E-state index is 13.4. The maximum atomic E-state index is 13.4. The van der Waals surface area contributed by atoms with E-state index in [4.69, 9.17) is 0 Å². The summed E-state index contributed by atoms with van der Waals surface area (Å²) >= 11 is 1.25. The first-order chi connectivity index (χ1) is 15.0. The molecule has 2 aliphatic rings. The summed E-state index contributed by atoms with van der Waals surface area (Å²) in [4.78, 5) is 43.1. The van der Waals surface area contributed by atoms with Crippen molar-refractivity contribution >= 4 is 40.9 Å². The van der Waals surface area contributed by atoms with Gasteiger partial charge in [0.2, 0.25) is 11.8 Å². The summed E-state index contributed by atoms with van der Waals surface area (Å²) in [6.45, 7) is 1.06. The van der Waals surface area contributed by atoms with Crippen molar-refractivity contribution in [2.75, 3.05) is 29.9 Å². The van der Waals surface area contributed by atoms with Crippen LogP contribution in [-0.2, 0) is 14.4 Å². The van der Waals surface area contributed by atoms with E-state index in [9.17, 15) is 18.8 Å². The van der Waals surface area contributed by atoms with Gasteiger partial charge >= 0.3 is 0 Å². The molecule has 4 rings (SSSR count). The largest absolute Gasteiger partial charge is 0.341 e. The molecule has 2 aliphatic heterocycles. The SMILES string of the molecule is O=C(CN1C(=O)C(C(=O)N2CCCCCC2)Sc2ccccc21)Nc1cccc(F)c1. The third-order valence-electron chi connectivity index (χ3n) is 5.44. The molecule has 1 saturated heterocycles. The van der Waals surface area contributed by atoms with Gasteiger partial charge < -0.3 is 15.1 Å². The first kappa shape index (κ1) is 21.4. The number of fused-ring (bicyclic) bond motifs is 1. The average molecular weight is 442 g/mol. The number of hydrogen-bond acceptors (Lipinski definition) is 4. The zero-order valence-electron chi connectivity index (χ0n) is 17.1. The van der Waals surface area contributed by atoms with Gasteiger partial charge in [-0.25, -0.2) is 4.39 Å². The van der Waals surface area contributed by atoms with Crippen LogP contribution < -0.4 is 10.2 Å². The molecule has 1 atom stereocenters. The second kappa shape index (κ2) is 9.51. The fourth-order valence-corrected chi connectivity index (χ4v) is 5.09. The molecule has 1 unspecified atom stereocenters. The van der Waals surface area contributed by atoms with Crippen molar-refractivity contribution in [3.8, 4) is 0 Å². The maximum Gasteiger partial charge on any atom is 0.250 e. The molecule has 0 saturated carbocycles. The molecule has 2 aromatic rings. The topological polar surface area (TPSA) is 69.7 Å². The minimum absolute atomic E-state index is 0.193. The lowest BCUT2D eigenvalue weighted by molar-refractivity contribution is -0.135. The number of hydrogen-bond donors (Lipinski definition) is 1. The summed E-state index contributed by atoms with van der Waals surface area (Å²) in [5.41, 5.74) is 0.918. The van der Waals surface area contributed by atoms with Crippen LogP contribution in [0.5, 0.6) is 0 Å². The molecule has 3 amide bonds. The number of carbonyl (C=O) groups is 3. The first-order valence-corrected chi connectivity index (χ1v) is 11.3. The molecule has 0 radical (unpaired) electrons. The summed E-state index contributed by atoms with van der Waals surface area (Å²) in [6.07, 6.45) is 4.05. The number of benzene rings is 2. The van der Waals surface area contributed by atoms with Crippen molar-refractivity contribution < 1.29 is 18.8 Å². The zero-order valence-corrected chi connectivity index (χ0v) is 17.9. The number of likely N-dealkylation sites (tertiary alicyclic amines) is 1. The number of rotatable bonds is 4. The van der Waals surface area contributed by atoms with Gasteiger partial charge in [-0.05, 0) is 43.2 Å². The lowest BCUT2D eigenvalue weighted by atomic mass is 10.2. The van der Waals surface area contributed by atoms with Crippen molar-refractivity contribution in [1.29, 1.82) is 0 Å². The van der Waals surface area contributed by atoms with Gasteiger partial charge in [0, 0.05) is 23.7 Å². The average Bonchev–Trinajstić information content (AvgIpc) is 3.05. The Labute approximate surface area is 184 Å². The highest BCUT2D eigenvalue weighted by atomic mass is 32.2. The molecule has 0 aromatic heterocycles. The molecule has 2 aromatic carbocycles. The normalized spacial score (nSPS) is 18.9. The Morgan fingerprint density at radius 2 is 1.77 bits per heavy atom. The number of amides is 3. The van der Waals surface area contributed by atoms with Crippen molar-refractivity contribution in [2.24, 2.45) is 0 Å². The number of thioether (sulfide) groups is 1. The minimum Gasteiger partial charge on any atom is -0.341 e.